The van der Waals surface area contributed by atoms with Crippen LogP contribution in [0.15, 0.2) is 48.7 Å². The van der Waals surface area contributed by atoms with E-state index in [0.29, 0.717) is 11.7 Å². The van der Waals surface area contributed by atoms with E-state index in [1.165, 1.54) is 6.07 Å². The Labute approximate surface area is 145 Å². The fourth-order valence-electron chi connectivity index (χ4n) is 2.58. The number of nitrogens with one attached hydrogen (secondary N) is 3. The number of aromatic nitrogens is 1. The van der Waals surface area contributed by atoms with Gasteiger partial charge in [-0.1, -0.05) is 12.1 Å². The van der Waals surface area contributed by atoms with Gasteiger partial charge in [-0.05, 0) is 54.5 Å². The van der Waals surface area contributed by atoms with Crippen molar-refractivity contribution in [3.8, 4) is 5.75 Å². The van der Waals surface area contributed by atoms with E-state index in [1.807, 2.05) is 30.5 Å². The monoisotopic (exact) mass is 343 g/mol. The Morgan fingerprint density at radius 2 is 2.08 bits per heavy atom. The molecule has 4 nitrogen and oxygen atoms in total. The number of ether oxygens (including phenoxy) is 1. The fraction of sp³-hybridized carbons (Fsp3) is 0.167. The van der Waals surface area contributed by atoms with Gasteiger partial charge in [-0.15, -0.1) is 0 Å². The lowest BCUT2D eigenvalue weighted by molar-refractivity contribution is 0.417. The van der Waals surface area contributed by atoms with Crippen molar-refractivity contribution in [2.24, 2.45) is 0 Å². The van der Waals surface area contributed by atoms with Gasteiger partial charge in [0, 0.05) is 23.6 Å². The van der Waals surface area contributed by atoms with Crippen LogP contribution in [0, 0.1) is 5.82 Å². The van der Waals surface area contributed by atoms with Crippen LogP contribution in [0.1, 0.15) is 5.56 Å². The quantitative estimate of drug-likeness (QED) is 0.616. The molecule has 1 heterocycles. The van der Waals surface area contributed by atoms with E-state index in [2.05, 4.69) is 15.6 Å². The molecule has 2 aromatic carbocycles. The van der Waals surface area contributed by atoms with Crippen LogP contribution < -0.4 is 15.4 Å². The molecule has 0 fully saturated rings. The normalized spacial score (nSPS) is 10.6. The first kappa shape index (κ1) is 16.3. The number of aromatic amines is 1. The molecule has 0 radical (unpaired) electrons. The van der Waals surface area contributed by atoms with E-state index in [-0.39, 0.29) is 5.82 Å². The highest BCUT2D eigenvalue weighted by Gasteiger charge is 2.06. The van der Waals surface area contributed by atoms with Crippen molar-refractivity contribution >= 4 is 33.9 Å². The fourth-order valence-corrected chi connectivity index (χ4v) is 2.79. The van der Waals surface area contributed by atoms with Crippen molar-refractivity contribution in [3.63, 3.8) is 0 Å². The molecule has 0 bridgehead atoms. The van der Waals surface area contributed by atoms with Crippen molar-refractivity contribution in [3.05, 3.63) is 60.0 Å². The van der Waals surface area contributed by atoms with Gasteiger partial charge in [0.1, 0.15) is 11.6 Å². The van der Waals surface area contributed by atoms with Gasteiger partial charge in [0.15, 0.2) is 5.11 Å². The Balaban J connectivity index is 1.57. The zero-order valence-electron chi connectivity index (χ0n) is 13.2. The van der Waals surface area contributed by atoms with Gasteiger partial charge in [0.25, 0.3) is 0 Å². The Bertz CT molecular complexity index is 862. The van der Waals surface area contributed by atoms with E-state index in [0.717, 1.165) is 34.3 Å². The summed E-state index contributed by atoms with van der Waals surface area (Å²) in [5.41, 5.74) is 2.80. The summed E-state index contributed by atoms with van der Waals surface area (Å²) in [7, 11) is 1.62. The Morgan fingerprint density at radius 3 is 2.92 bits per heavy atom. The number of thiocarbonyl (C=S) groups is 1. The number of para-hydroxylation sites is 2. The first-order valence-electron chi connectivity index (χ1n) is 7.61. The van der Waals surface area contributed by atoms with E-state index >= 15 is 0 Å². The van der Waals surface area contributed by atoms with Crippen LogP contribution in [-0.4, -0.2) is 23.8 Å². The average molecular weight is 343 g/mol. The number of fused-ring (bicyclic) bond motifs is 1. The molecule has 3 aromatic rings. The van der Waals surface area contributed by atoms with Gasteiger partial charge in [-0.3, -0.25) is 0 Å². The summed E-state index contributed by atoms with van der Waals surface area (Å²) in [5.74, 6) is 0.499. The third-order valence-corrected chi connectivity index (χ3v) is 4.01. The van der Waals surface area contributed by atoms with Crippen molar-refractivity contribution in [2.45, 2.75) is 6.42 Å². The maximum atomic E-state index is 13.4. The summed E-state index contributed by atoms with van der Waals surface area (Å²) in [5, 5.41) is 7.69. The lowest BCUT2D eigenvalue weighted by atomic mass is 10.1. The highest BCUT2D eigenvalue weighted by atomic mass is 32.1. The lowest BCUT2D eigenvalue weighted by Gasteiger charge is -2.13. The summed E-state index contributed by atoms with van der Waals surface area (Å²) in [6.45, 7) is 0.643. The highest BCUT2D eigenvalue weighted by Crippen LogP contribution is 2.23. The second-order valence-corrected chi connectivity index (χ2v) is 5.74. The summed E-state index contributed by atoms with van der Waals surface area (Å²) in [6.07, 6.45) is 2.64. The summed E-state index contributed by atoms with van der Waals surface area (Å²) >= 11 is 5.31. The predicted octanol–water partition coefficient (Wildman–Crippen LogP) is 3.84. The van der Waals surface area contributed by atoms with Crippen molar-refractivity contribution < 1.29 is 9.13 Å². The van der Waals surface area contributed by atoms with E-state index in [4.69, 9.17) is 17.0 Å². The predicted molar refractivity (Wildman–Crippen MR) is 99.2 cm³/mol. The summed E-state index contributed by atoms with van der Waals surface area (Å²) in [4.78, 5) is 3.15. The van der Waals surface area contributed by atoms with Crippen molar-refractivity contribution in [2.75, 3.05) is 19.0 Å². The van der Waals surface area contributed by atoms with Gasteiger partial charge in [0.05, 0.1) is 12.8 Å². The molecule has 124 valence electrons. The smallest absolute Gasteiger partial charge is 0.170 e. The first-order chi connectivity index (χ1) is 11.7. The summed E-state index contributed by atoms with van der Waals surface area (Å²) < 4.78 is 18.7. The molecule has 0 spiro atoms. The number of hydrogen-bond donors (Lipinski definition) is 3. The zero-order chi connectivity index (χ0) is 16.9. The van der Waals surface area contributed by atoms with Gasteiger partial charge < -0.3 is 20.4 Å². The summed E-state index contributed by atoms with van der Waals surface area (Å²) in [6, 6.07) is 12.3. The molecule has 3 N–H and O–H groups in total. The molecule has 3 rings (SSSR count). The molecule has 0 saturated heterocycles. The van der Waals surface area contributed by atoms with Crippen LogP contribution in [0.3, 0.4) is 0 Å². The minimum atomic E-state index is -0.232. The third-order valence-electron chi connectivity index (χ3n) is 3.76. The number of benzene rings is 2. The molecule has 0 unspecified atom stereocenters. The Morgan fingerprint density at radius 1 is 1.25 bits per heavy atom. The first-order valence-corrected chi connectivity index (χ1v) is 8.01. The van der Waals surface area contributed by atoms with Crippen LogP contribution in [-0.2, 0) is 6.42 Å². The van der Waals surface area contributed by atoms with Crippen molar-refractivity contribution in [1.29, 1.82) is 0 Å². The van der Waals surface area contributed by atoms with Crippen LogP contribution in [0.5, 0.6) is 5.75 Å². The van der Waals surface area contributed by atoms with Gasteiger partial charge in [-0.2, -0.15) is 0 Å². The van der Waals surface area contributed by atoms with Crippen LogP contribution in [0.25, 0.3) is 10.9 Å². The number of rotatable bonds is 5. The highest BCUT2D eigenvalue weighted by molar-refractivity contribution is 7.80. The average Bonchev–Trinajstić information content (AvgIpc) is 2.97. The number of H-pyrrole nitrogens is 1. The van der Waals surface area contributed by atoms with E-state index in [1.54, 1.807) is 19.2 Å². The molecule has 0 amide bonds. The van der Waals surface area contributed by atoms with E-state index in [9.17, 15) is 4.39 Å². The Hall–Kier alpha value is -2.60. The second-order valence-electron chi connectivity index (χ2n) is 5.34. The minimum absolute atomic E-state index is 0.232. The maximum Gasteiger partial charge on any atom is 0.170 e. The molecule has 0 aliphatic carbocycles. The van der Waals surface area contributed by atoms with Crippen LogP contribution in [0.4, 0.5) is 10.1 Å². The molecule has 0 aliphatic rings. The molecular weight excluding hydrogens is 325 g/mol. The standard InChI is InChI=1S/C18H18FN3OS/c1-23-17-5-3-2-4-16(17)22-18(24)20-9-8-12-11-21-15-7-6-13(19)10-14(12)15/h2-7,10-11,21H,8-9H2,1H3,(H2,20,22,24). The van der Waals surface area contributed by atoms with Crippen molar-refractivity contribution in [1.82, 2.24) is 10.3 Å². The van der Waals surface area contributed by atoms with Crippen LogP contribution >= 0.6 is 12.2 Å². The molecule has 1 aromatic heterocycles. The SMILES string of the molecule is COc1ccccc1NC(=S)NCCc1c[nH]c2ccc(F)cc12. The second kappa shape index (κ2) is 7.31. The zero-order valence-corrected chi connectivity index (χ0v) is 14.0. The Kier molecular flexibility index (Phi) is 4.96. The van der Waals surface area contributed by atoms with Crippen LogP contribution in [0.2, 0.25) is 0 Å². The number of halogens is 1. The number of hydrogen-bond acceptors (Lipinski definition) is 2. The molecule has 0 saturated carbocycles. The molecule has 0 aliphatic heterocycles. The topological polar surface area (TPSA) is 49.1 Å². The lowest BCUT2D eigenvalue weighted by Crippen LogP contribution is -2.30. The molecule has 0 atom stereocenters. The maximum absolute atomic E-state index is 13.4. The molecular formula is C18H18FN3OS. The molecule has 6 heteroatoms. The van der Waals surface area contributed by atoms with Gasteiger partial charge >= 0.3 is 0 Å². The van der Waals surface area contributed by atoms with E-state index < -0.39 is 0 Å². The third kappa shape index (κ3) is 3.65. The number of anilines is 1. The molecule has 24 heavy (non-hydrogen) atoms. The van der Waals surface area contributed by atoms with Gasteiger partial charge in [-0.25, -0.2) is 4.39 Å². The van der Waals surface area contributed by atoms with Gasteiger partial charge in [0.2, 0.25) is 0 Å². The largest absolute Gasteiger partial charge is 0.495 e. The minimum Gasteiger partial charge on any atom is -0.495 e. The number of methoxy groups -OCH3 is 1.